The van der Waals surface area contributed by atoms with Crippen LogP contribution in [0.25, 0.3) is 0 Å². The first-order chi connectivity index (χ1) is 4.61. The van der Waals surface area contributed by atoms with Crippen molar-refractivity contribution >= 4 is 5.91 Å². The van der Waals surface area contributed by atoms with E-state index in [4.69, 9.17) is 0 Å². The van der Waals surface area contributed by atoms with Crippen molar-refractivity contribution in [3.05, 3.63) is 24.4 Å². The van der Waals surface area contributed by atoms with Gasteiger partial charge in [0.25, 0.3) is 5.91 Å². The van der Waals surface area contributed by atoms with Gasteiger partial charge in [0.05, 0.1) is 0 Å². The molecule has 0 spiro atoms. The van der Waals surface area contributed by atoms with Gasteiger partial charge < -0.3 is 0 Å². The number of hydrazine groups is 1. The number of hydrogen-bond acceptors (Lipinski definition) is 2. The number of carbonyl (C=O) groups excluding carboxylic acids is 1. The average molecular weight is 138 g/mol. The lowest BCUT2D eigenvalue weighted by atomic mass is 10.1. The minimum atomic E-state index is -0.116. The van der Waals surface area contributed by atoms with Gasteiger partial charge in [0.2, 0.25) is 0 Å². The summed E-state index contributed by atoms with van der Waals surface area (Å²) in [4.78, 5) is 10.9. The largest absolute Gasteiger partial charge is 0.293 e. The molecular formula is C7H10N2O. The van der Waals surface area contributed by atoms with Crippen LogP contribution < -0.4 is 5.43 Å². The predicted molar refractivity (Wildman–Crippen MR) is 38.8 cm³/mol. The van der Waals surface area contributed by atoms with E-state index in [1.54, 1.807) is 12.1 Å². The van der Waals surface area contributed by atoms with E-state index in [2.05, 4.69) is 18.6 Å². The van der Waals surface area contributed by atoms with Crippen LogP contribution >= 0.6 is 0 Å². The van der Waals surface area contributed by atoms with E-state index < -0.39 is 0 Å². The Kier molecular flexibility index (Phi) is 1.49. The van der Waals surface area contributed by atoms with E-state index in [0.717, 1.165) is 5.70 Å². The van der Waals surface area contributed by atoms with Crippen molar-refractivity contribution in [3.8, 4) is 0 Å². The van der Waals surface area contributed by atoms with Crippen molar-refractivity contribution in [2.45, 2.75) is 6.42 Å². The highest BCUT2D eigenvalue weighted by atomic mass is 16.2. The fourth-order valence-corrected chi connectivity index (χ4v) is 0.756. The summed E-state index contributed by atoms with van der Waals surface area (Å²) in [7, 11) is 1.76. The highest BCUT2D eigenvalue weighted by molar-refractivity contribution is 5.93. The zero-order valence-electron chi connectivity index (χ0n) is 5.98. The molecule has 10 heavy (non-hydrogen) atoms. The summed E-state index contributed by atoms with van der Waals surface area (Å²) in [5.74, 6) is -0.116. The number of carbonyl (C=O) groups is 1. The maximum atomic E-state index is 10.9. The molecule has 3 heteroatoms. The number of hydrogen-bond donors (Lipinski definition) is 1. The van der Waals surface area contributed by atoms with Gasteiger partial charge in [0.1, 0.15) is 0 Å². The molecule has 0 saturated carbocycles. The van der Waals surface area contributed by atoms with Crippen LogP contribution in [0.15, 0.2) is 24.4 Å². The molecule has 1 amide bonds. The summed E-state index contributed by atoms with van der Waals surface area (Å²) in [5.41, 5.74) is 4.01. The molecule has 0 aromatic carbocycles. The number of allylic oxidation sites excluding steroid dienone is 1. The van der Waals surface area contributed by atoms with Gasteiger partial charge in [-0.15, -0.1) is 0 Å². The van der Waals surface area contributed by atoms with Crippen LogP contribution in [-0.2, 0) is 4.79 Å². The molecule has 1 heterocycles. The summed E-state index contributed by atoms with van der Waals surface area (Å²) in [5, 5.41) is 1.61. The molecule has 1 aliphatic heterocycles. The minimum absolute atomic E-state index is 0.116. The Balaban J connectivity index is 2.72. The number of nitrogens with one attached hydrogen (secondary N) is 1. The second-order valence-electron chi connectivity index (χ2n) is 2.35. The lowest BCUT2D eigenvalue weighted by Gasteiger charge is -2.27. The molecule has 1 fully saturated rings. The molecule has 3 nitrogen and oxygen atoms in total. The average Bonchev–Trinajstić information content (AvgIpc) is 1.84. The highest BCUT2D eigenvalue weighted by Gasteiger charge is 2.17. The summed E-state index contributed by atoms with van der Waals surface area (Å²) in [6.07, 6.45) is 0.572. The smallest absolute Gasteiger partial charge is 0.265 e. The van der Waals surface area contributed by atoms with E-state index in [1.807, 2.05) is 0 Å². The Morgan fingerprint density at radius 3 is 2.70 bits per heavy atom. The zero-order valence-corrected chi connectivity index (χ0v) is 5.98. The van der Waals surface area contributed by atoms with Crippen LogP contribution in [0.5, 0.6) is 0 Å². The highest BCUT2D eigenvalue weighted by Crippen LogP contribution is 2.14. The fourth-order valence-electron chi connectivity index (χ4n) is 0.756. The van der Waals surface area contributed by atoms with Crippen LogP contribution in [0.4, 0.5) is 0 Å². The van der Waals surface area contributed by atoms with Gasteiger partial charge in [-0.25, -0.2) is 0 Å². The maximum Gasteiger partial charge on any atom is 0.265 e. The van der Waals surface area contributed by atoms with E-state index in [-0.39, 0.29) is 5.91 Å². The molecule has 1 N–H and O–H groups in total. The molecule has 0 aliphatic carbocycles. The van der Waals surface area contributed by atoms with Crippen molar-refractivity contribution in [2.75, 3.05) is 7.05 Å². The Morgan fingerprint density at radius 1 is 1.60 bits per heavy atom. The van der Waals surface area contributed by atoms with Gasteiger partial charge in [0.15, 0.2) is 0 Å². The molecule has 0 unspecified atom stereocenters. The van der Waals surface area contributed by atoms with E-state index in [1.165, 1.54) is 0 Å². The van der Waals surface area contributed by atoms with Crippen LogP contribution in [0, 0.1) is 0 Å². The third kappa shape index (κ3) is 1.03. The van der Waals surface area contributed by atoms with Gasteiger partial charge in [-0.3, -0.25) is 15.2 Å². The third-order valence-corrected chi connectivity index (χ3v) is 1.48. The third-order valence-electron chi connectivity index (χ3n) is 1.48. The second kappa shape index (κ2) is 2.17. The van der Waals surface area contributed by atoms with Crippen LogP contribution in [0.1, 0.15) is 6.42 Å². The Morgan fingerprint density at radius 2 is 2.20 bits per heavy atom. The quantitative estimate of drug-likeness (QED) is 0.492. The summed E-state index contributed by atoms with van der Waals surface area (Å²) in [6.45, 7) is 7.31. The molecule has 0 aromatic rings. The fraction of sp³-hybridized carbons (Fsp3) is 0.286. The van der Waals surface area contributed by atoms with Crippen LogP contribution in [0.3, 0.4) is 0 Å². The van der Waals surface area contributed by atoms with Gasteiger partial charge in [0, 0.05) is 24.7 Å². The van der Waals surface area contributed by atoms with Crippen molar-refractivity contribution in [1.82, 2.24) is 10.4 Å². The van der Waals surface area contributed by atoms with Crippen molar-refractivity contribution < 1.29 is 4.79 Å². The van der Waals surface area contributed by atoms with Gasteiger partial charge in [-0.05, 0) is 0 Å². The standard InChI is InChI=1S/C7H10N2O/c1-5-4-6(2)9(3)8-7(5)10/h1-2,4H2,3H3,(H,8,10). The first kappa shape index (κ1) is 6.86. The molecule has 0 radical (unpaired) electrons. The molecule has 1 rings (SSSR count). The van der Waals surface area contributed by atoms with Crippen molar-refractivity contribution in [3.63, 3.8) is 0 Å². The molecular weight excluding hydrogens is 128 g/mol. The van der Waals surface area contributed by atoms with Gasteiger partial charge >= 0.3 is 0 Å². The minimum Gasteiger partial charge on any atom is -0.293 e. The lowest BCUT2D eigenvalue weighted by Crippen LogP contribution is -2.43. The predicted octanol–water partition coefficient (Wildman–Crippen LogP) is 0.423. The van der Waals surface area contributed by atoms with E-state index >= 15 is 0 Å². The molecule has 0 aromatic heterocycles. The Bertz CT molecular complexity index is 208. The summed E-state index contributed by atoms with van der Waals surface area (Å²) in [6, 6.07) is 0. The van der Waals surface area contributed by atoms with E-state index in [9.17, 15) is 4.79 Å². The van der Waals surface area contributed by atoms with Gasteiger partial charge in [-0.2, -0.15) is 0 Å². The summed E-state index contributed by atoms with van der Waals surface area (Å²) < 4.78 is 0. The maximum absolute atomic E-state index is 10.9. The zero-order chi connectivity index (χ0) is 7.72. The normalized spacial score (nSPS) is 19.3. The van der Waals surface area contributed by atoms with Crippen LogP contribution in [-0.4, -0.2) is 18.0 Å². The molecule has 1 aliphatic rings. The second-order valence-corrected chi connectivity index (χ2v) is 2.35. The first-order valence-electron chi connectivity index (χ1n) is 3.01. The summed E-state index contributed by atoms with van der Waals surface area (Å²) >= 11 is 0. The lowest BCUT2D eigenvalue weighted by molar-refractivity contribution is -0.122. The number of amides is 1. The van der Waals surface area contributed by atoms with E-state index in [0.29, 0.717) is 12.0 Å². The van der Waals surface area contributed by atoms with Crippen molar-refractivity contribution in [1.29, 1.82) is 0 Å². The number of rotatable bonds is 0. The Labute approximate surface area is 60.0 Å². The topological polar surface area (TPSA) is 32.3 Å². The first-order valence-corrected chi connectivity index (χ1v) is 3.01. The monoisotopic (exact) mass is 138 g/mol. The van der Waals surface area contributed by atoms with Crippen molar-refractivity contribution in [2.24, 2.45) is 0 Å². The SMILES string of the molecule is C=C1CC(=C)N(C)NC1=O. The number of nitrogens with zero attached hydrogens (tertiary/aromatic N) is 1. The van der Waals surface area contributed by atoms with Crippen LogP contribution in [0.2, 0.25) is 0 Å². The Hall–Kier alpha value is -1.25. The molecule has 54 valence electrons. The van der Waals surface area contributed by atoms with Gasteiger partial charge in [-0.1, -0.05) is 13.2 Å². The molecule has 0 atom stereocenters. The molecule has 1 saturated heterocycles. The molecule has 0 bridgehead atoms.